The third-order valence-electron chi connectivity index (χ3n) is 1.23. The van der Waals surface area contributed by atoms with Crippen molar-refractivity contribution < 1.29 is 14.8 Å². The zero-order valence-electron chi connectivity index (χ0n) is 6.63. The molecular formula is C3N6O6. The lowest BCUT2D eigenvalue weighted by Gasteiger charge is -1.92. The van der Waals surface area contributed by atoms with Gasteiger partial charge < -0.3 is 20.2 Å². The molecule has 12 nitrogen and oxygen atoms in total. The first-order valence-corrected chi connectivity index (χ1v) is 3.11. The molecule has 1 rings (SSSR count). The summed E-state index contributed by atoms with van der Waals surface area (Å²) in [7, 11) is 0. The van der Waals surface area contributed by atoms with Crippen LogP contribution in [0.25, 0.3) is 0 Å². The predicted molar refractivity (Wildman–Crippen MR) is 39.8 cm³/mol. The first-order chi connectivity index (χ1) is 6.95. The van der Waals surface area contributed by atoms with Crippen molar-refractivity contribution in [2.45, 2.75) is 0 Å². The fourth-order valence-corrected chi connectivity index (χ4v) is 0.711. The second-order valence-electron chi connectivity index (χ2n) is 2.06. The minimum Gasteiger partial charge on any atom is -0.358 e. The summed E-state index contributed by atoms with van der Waals surface area (Å²) in [6, 6.07) is 0. The molecule has 0 amide bonds. The molecule has 0 aliphatic rings. The maximum atomic E-state index is 10.3. The van der Waals surface area contributed by atoms with Crippen LogP contribution in [0.15, 0.2) is 0 Å². The van der Waals surface area contributed by atoms with Gasteiger partial charge in [-0.15, -0.1) is 0 Å². The van der Waals surface area contributed by atoms with E-state index in [1.54, 1.807) is 0 Å². The molecule has 12 heteroatoms. The maximum Gasteiger partial charge on any atom is 0.481 e. The monoisotopic (exact) mass is 216 g/mol. The topological polar surface area (TPSA) is 168 Å². The van der Waals surface area contributed by atoms with Gasteiger partial charge in [-0.3, -0.25) is 10.1 Å². The van der Waals surface area contributed by atoms with Crippen LogP contribution in [-0.2, 0) is 0 Å². The van der Waals surface area contributed by atoms with E-state index in [2.05, 4.69) is 15.4 Å². The quantitative estimate of drug-likeness (QED) is 0.481. The summed E-state index contributed by atoms with van der Waals surface area (Å²) in [5.41, 5.74) is -1.39. The normalized spacial score (nSPS) is 9.60. The van der Waals surface area contributed by atoms with E-state index >= 15 is 0 Å². The van der Waals surface area contributed by atoms with Gasteiger partial charge in [-0.05, 0) is 9.85 Å². The highest BCUT2D eigenvalue weighted by atomic mass is 16.7. The van der Waals surface area contributed by atoms with Gasteiger partial charge in [0, 0.05) is 0 Å². The van der Waals surface area contributed by atoms with Gasteiger partial charge in [-0.1, -0.05) is 0 Å². The Morgan fingerprint density at radius 1 is 0.800 bits per heavy atom. The molecule has 0 unspecified atom stereocenters. The lowest BCUT2D eigenvalue weighted by Crippen LogP contribution is -2.07. The van der Waals surface area contributed by atoms with E-state index in [0.717, 1.165) is 0 Å². The van der Waals surface area contributed by atoms with Gasteiger partial charge in [0.2, 0.25) is 0 Å². The molecule has 1 aromatic heterocycles. The summed E-state index contributed by atoms with van der Waals surface area (Å²) in [6.07, 6.45) is 0. The average molecular weight is 216 g/mol. The lowest BCUT2D eigenvalue weighted by molar-refractivity contribution is -0.446. The number of rotatable bonds is 3. The number of hydrogen-bond acceptors (Lipinski definition) is 9. The molecule has 0 atom stereocenters. The second-order valence-corrected chi connectivity index (χ2v) is 2.06. The third kappa shape index (κ3) is 1.77. The SMILES string of the molecule is O=[N+]([O-])c1nnnc([N+](=O)[O-])c1[N+](=O)[O-]. The Hall–Kier alpha value is -2.79. The summed E-state index contributed by atoms with van der Waals surface area (Å²) in [5.74, 6) is -2.64. The van der Waals surface area contributed by atoms with E-state index < -0.39 is 32.1 Å². The van der Waals surface area contributed by atoms with Crippen molar-refractivity contribution in [1.29, 1.82) is 0 Å². The fourth-order valence-electron chi connectivity index (χ4n) is 0.711. The fraction of sp³-hybridized carbons (Fsp3) is 0. The van der Waals surface area contributed by atoms with Crippen LogP contribution in [0.2, 0.25) is 0 Å². The summed E-state index contributed by atoms with van der Waals surface area (Å²) in [5, 5.41) is 39.0. The van der Waals surface area contributed by atoms with Crippen molar-refractivity contribution in [3.05, 3.63) is 30.3 Å². The Kier molecular flexibility index (Phi) is 2.42. The van der Waals surface area contributed by atoms with Crippen LogP contribution >= 0.6 is 0 Å². The molecule has 0 N–H and O–H groups in total. The Labute approximate surface area is 79.0 Å². The van der Waals surface area contributed by atoms with Crippen LogP contribution < -0.4 is 0 Å². The molecule has 0 spiro atoms. The van der Waals surface area contributed by atoms with Crippen molar-refractivity contribution >= 4 is 17.3 Å². The van der Waals surface area contributed by atoms with Crippen molar-refractivity contribution in [2.24, 2.45) is 0 Å². The van der Waals surface area contributed by atoms with Crippen molar-refractivity contribution in [3.8, 4) is 0 Å². The highest BCUT2D eigenvalue weighted by molar-refractivity contribution is 5.56. The third-order valence-corrected chi connectivity index (χ3v) is 1.23. The second kappa shape index (κ2) is 3.52. The van der Waals surface area contributed by atoms with Gasteiger partial charge in [0.15, 0.2) is 5.21 Å². The number of nitro groups is 3. The van der Waals surface area contributed by atoms with Crippen LogP contribution in [0, 0.1) is 30.3 Å². The lowest BCUT2D eigenvalue weighted by atomic mass is 10.4. The van der Waals surface area contributed by atoms with Gasteiger partial charge in [0.1, 0.15) is 10.2 Å². The van der Waals surface area contributed by atoms with E-state index in [1.165, 1.54) is 0 Å². The molecular weight excluding hydrogens is 216 g/mol. The highest BCUT2D eigenvalue weighted by Crippen LogP contribution is 2.30. The van der Waals surface area contributed by atoms with Gasteiger partial charge in [-0.2, -0.15) is 0 Å². The molecule has 78 valence electrons. The molecule has 0 fully saturated rings. The molecule has 0 aliphatic heterocycles. The largest absolute Gasteiger partial charge is 0.481 e. The van der Waals surface area contributed by atoms with E-state index in [9.17, 15) is 30.3 Å². The molecule has 0 aliphatic carbocycles. The van der Waals surface area contributed by atoms with E-state index in [1.807, 2.05) is 0 Å². The molecule has 1 heterocycles. The average Bonchev–Trinajstić information content (AvgIpc) is 2.16. The molecule has 0 aromatic carbocycles. The molecule has 15 heavy (non-hydrogen) atoms. The van der Waals surface area contributed by atoms with E-state index in [-0.39, 0.29) is 0 Å². The highest BCUT2D eigenvalue weighted by Gasteiger charge is 2.41. The minimum absolute atomic E-state index is 1.25. The Morgan fingerprint density at radius 3 is 1.47 bits per heavy atom. The van der Waals surface area contributed by atoms with Crippen LogP contribution in [-0.4, -0.2) is 30.2 Å². The van der Waals surface area contributed by atoms with Gasteiger partial charge in [-0.25, -0.2) is 0 Å². The van der Waals surface area contributed by atoms with Crippen molar-refractivity contribution in [2.75, 3.05) is 0 Å². The van der Waals surface area contributed by atoms with Gasteiger partial charge in [0.05, 0.1) is 4.92 Å². The van der Waals surface area contributed by atoms with Gasteiger partial charge >= 0.3 is 17.3 Å². The van der Waals surface area contributed by atoms with Crippen LogP contribution in [0.1, 0.15) is 0 Å². The smallest absolute Gasteiger partial charge is 0.358 e. The Morgan fingerprint density at radius 2 is 1.20 bits per heavy atom. The molecule has 0 bridgehead atoms. The number of hydrogen-bond donors (Lipinski definition) is 0. The van der Waals surface area contributed by atoms with Crippen LogP contribution in [0.5, 0.6) is 0 Å². The first-order valence-electron chi connectivity index (χ1n) is 3.11. The van der Waals surface area contributed by atoms with Crippen molar-refractivity contribution in [1.82, 2.24) is 15.4 Å². The van der Waals surface area contributed by atoms with E-state index in [4.69, 9.17) is 0 Å². The predicted octanol–water partition coefficient (Wildman–Crippen LogP) is -0.404. The van der Waals surface area contributed by atoms with Crippen molar-refractivity contribution in [3.63, 3.8) is 0 Å². The molecule has 0 saturated carbocycles. The summed E-state index contributed by atoms with van der Waals surface area (Å²) >= 11 is 0. The molecule has 1 aromatic rings. The first kappa shape index (κ1) is 10.3. The van der Waals surface area contributed by atoms with E-state index in [0.29, 0.717) is 0 Å². The van der Waals surface area contributed by atoms with Gasteiger partial charge in [0.25, 0.3) is 0 Å². The number of aromatic nitrogens is 3. The zero-order chi connectivity index (χ0) is 11.6. The zero-order valence-corrected chi connectivity index (χ0v) is 6.63. The standard InChI is InChI=1S/C3N6O6/c10-7(11)1-2(8(12)13)4-6-5-3(1)9(14)15. The number of nitrogens with zero attached hydrogens (tertiary/aromatic N) is 6. The maximum absolute atomic E-state index is 10.3. The summed E-state index contributed by atoms with van der Waals surface area (Å²) in [6.45, 7) is 0. The molecule has 0 radical (unpaired) electrons. The van der Waals surface area contributed by atoms with Crippen LogP contribution in [0.4, 0.5) is 17.3 Å². The Bertz CT molecular complexity index is 424. The minimum atomic E-state index is -1.39. The molecule has 0 saturated heterocycles. The summed E-state index contributed by atoms with van der Waals surface area (Å²) < 4.78 is 0. The van der Waals surface area contributed by atoms with Crippen LogP contribution in [0.3, 0.4) is 0 Å². The summed E-state index contributed by atoms with van der Waals surface area (Å²) in [4.78, 5) is 27.0. The Balaban J connectivity index is 3.56.